The zero-order valence-electron chi connectivity index (χ0n) is 12.7. The van der Waals surface area contributed by atoms with Gasteiger partial charge in [0.15, 0.2) is 5.71 Å². The van der Waals surface area contributed by atoms with Gasteiger partial charge in [-0.3, -0.25) is 0 Å². The van der Waals surface area contributed by atoms with Gasteiger partial charge in [-0.15, -0.1) is 0 Å². The number of hydrogen-bond donors (Lipinski definition) is 0. The Hall–Kier alpha value is -2.80. The molecule has 0 aliphatic carbocycles. The van der Waals surface area contributed by atoms with Gasteiger partial charge in [0.1, 0.15) is 25.5 Å². The lowest BCUT2D eigenvalue weighted by Gasteiger charge is -2.12. The van der Waals surface area contributed by atoms with E-state index in [-0.39, 0.29) is 5.71 Å². The standard InChI is InChI=1S/C18H18N2O2/c1-3-14-8-5-7-11-18(14)22-13-15-9-4-6-10-16(15)17(12-19)20-21-2/h4-11H,3,13H2,1-2H3/b20-17-. The monoisotopic (exact) mass is 294 g/mol. The zero-order chi connectivity index (χ0) is 15.8. The van der Waals surface area contributed by atoms with Gasteiger partial charge >= 0.3 is 0 Å². The summed E-state index contributed by atoms with van der Waals surface area (Å²) in [5, 5.41) is 13.0. The van der Waals surface area contributed by atoms with E-state index in [9.17, 15) is 5.26 Å². The number of nitriles is 1. The molecule has 2 aromatic carbocycles. The molecule has 22 heavy (non-hydrogen) atoms. The number of nitrogens with zero attached hydrogens (tertiary/aromatic N) is 2. The number of oxime groups is 1. The number of aryl methyl sites for hydroxylation is 1. The molecule has 0 N–H and O–H groups in total. The van der Waals surface area contributed by atoms with Gasteiger partial charge < -0.3 is 9.57 Å². The number of benzene rings is 2. The molecule has 0 heterocycles. The molecule has 0 spiro atoms. The molecule has 0 saturated heterocycles. The lowest BCUT2D eigenvalue weighted by molar-refractivity contribution is 0.214. The molecular formula is C18H18N2O2. The maximum atomic E-state index is 9.20. The first-order chi connectivity index (χ1) is 10.8. The van der Waals surface area contributed by atoms with Gasteiger partial charge in [-0.05, 0) is 23.6 Å². The van der Waals surface area contributed by atoms with Gasteiger partial charge in [0.05, 0.1) is 0 Å². The molecule has 0 saturated carbocycles. The predicted octanol–water partition coefficient (Wildman–Crippen LogP) is 3.70. The molecule has 0 radical (unpaired) electrons. The smallest absolute Gasteiger partial charge is 0.187 e. The summed E-state index contributed by atoms with van der Waals surface area (Å²) in [5.41, 5.74) is 3.02. The normalized spacial score (nSPS) is 10.9. The minimum absolute atomic E-state index is 0.241. The van der Waals surface area contributed by atoms with Crippen LogP contribution in [0.15, 0.2) is 53.7 Å². The van der Waals surface area contributed by atoms with E-state index < -0.39 is 0 Å². The molecule has 0 aliphatic heterocycles. The van der Waals surface area contributed by atoms with Crippen molar-refractivity contribution in [3.63, 3.8) is 0 Å². The van der Waals surface area contributed by atoms with Crippen LogP contribution in [0.1, 0.15) is 23.6 Å². The third kappa shape index (κ3) is 3.64. The second-order valence-electron chi connectivity index (χ2n) is 4.64. The summed E-state index contributed by atoms with van der Waals surface area (Å²) in [7, 11) is 1.42. The van der Waals surface area contributed by atoms with E-state index >= 15 is 0 Å². The number of para-hydroxylation sites is 1. The van der Waals surface area contributed by atoms with Crippen LogP contribution in [0.5, 0.6) is 5.75 Å². The Morgan fingerprint density at radius 2 is 1.77 bits per heavy atom. The highest BCUT2D eigenvalue weighted by molar-refractivity contribution is 6.12. The largest absolute Gasteiger partial charge is 0.489 e. The quantitative estimate of drug-likeness (QED) is 0.603. The Balaban J connectivity index is 2.24. The highest BCUT2D eigenvalue weighted by atomic mass is 16.6. The van der Waals surface area contributed by atoms with Crippen LogP contribution in [0.3, 0.4) is 0 Å². The second kappa shape index (κ2) is 7.84. The number of rotatable bonds is 6. The lowest BCUT2D eigenvalue weighted by atomic mass is 10.0. The summed E-state index contributed by atoms with van der Waals surface area (Å²) >= 11 is 0. The maximum absolute atomic E-state index is 9.20. The molecule has 0 bridgehead atoms. The Bertz CT molecular complexity index is 702. The van der Waals surface area contributed by atoms with E-state index in [1.807, 2.05) is 54.6 Å². The molecule has 0 amide bonds. The molecular weight excluding hydrogens is 276 g/mol. The van der Waals surface area contributed by atoms with Crippen LogP contribution in [0.2, 0.25) is 0 Å². The maximum Gasteiger partial charge on any atom is 0.187 e. The first kappa shape index (κ1) is 15.6. The van der Waals surface area contributed by atoms with Crippen molar-refractivity contribution in [2.75, 3.05) is 7.11 Å². The molecule has 0 fully saturated rings. The van der Waals surface area contributed by atoms with Crippen molar-refractivity contribution >= 4 is 5.71 Å². The van der Waals surface area contributed by atoms with Gasteiger partial charge in [-0.2, -0.15) is 5.26 Å². The minimum Gasteiger partial charge on any atom is -0.489 e. The summed E-state index contributed by atoms with van der Waals surface area (Å²) in [4.78, 5) is 4.73. The highest BCUT2D eigenvalue weighted by Crippen LogP contribution is 2.21. The van der Waals surface area contributed by atoms with Gasteiger partial charge in [-0.25, -0.2) is 0 Å². The van der Waals surface area contributed by atoms with E-state index in [0.717, 1.165) is 28.9 Å². The molecule has 0 aliphatic rings. The van der Waals surface area contributed by atoms with Crippen LogP contribution in [0.4, 0.5) is 0 Å². The molecule has 0 aromatic heterocycles. The Labute approximate surface area is 130 Å². The third-order valence-corrected chi connectivity index (χ3v) is 3.30. The van der Waals surface area contributed by atoms with Crippen LogP contribution in [-0.2, 0) is 17.9 Å². The van der Waals surface area contributed by atoms with Gasteiger partial charge in [0.2, 0.25) is 0 Å². The summed E-state index contributed by atoms with van der Waals surface area (Å²) in [6, 6.07) is 17.5. The lowest BCUT2D eigenvalue weighted by Crippen LogP contribution is -2.06. The van der Waals surface area contributed by atoms with Crippen molar-refractivity contribution < 1.29 is 9.57 Å². The molecule has 0 atom stereocenters. The Kier molecular flexibility index (Phi) is 5.56. The van der Waals surface area contributed by atoms with Crippen molar-refractivity contribution in [2.24, 2.45) is 5.16 Å². The summed E-state index contributed by atoms with van der Waals surface area (Å²) < 4.78 is 5.92. The number of ether oxygens (including phenoxy) is 1. The fraction of sp³-hybridized carbons (Fsp3) is 0.222. The van der Waals surface area contributed by atoms with E-state index in [0.29, 0.717) is 6.61 Å². The Morgan fingerprint density at radius 1 is 1.09 bits per heavy atom. The Morgan fingerprint density at radius 3 is 2.45 bits per heavy atom. The van der Waals surface area contributed by atoms with E-state index in [1.54, 1.807) is 0 Å². The molecule has 4 heteroatoms. The first-order valence-corrected chi connectivity index (χ1v) is 7.10. The van der Waals surface area contributed by atoms with Crippen molar-refractivity contribution in [2.45, 2.75) is 20.0 Å². The second-order valence-corrected chi connectivity index (χ2v) is 4.64. The molecule has 2 rings (SSSR count). The van der Waals surface area contributed by atoms with Crippen LogP contribution in [-0.4, -0.2) is 12.8 Å². The zero-order valence-corrected chi connectivity index (χ0v) is 12.7. The first-order valence-electron chi connectivity index (χ1n) is 7.10. The van der Waals surface area contributed by atoms with E-state index in [1.165, 1.54) is 7.11 Å². The average Bonchev–Trinajstić information content (AvgIpc) is 2.58. The molecule has 0 unspecified atom stereocenters. The summed E-state index contributed by atoms with van der Waals surface area (Å²) in [5.74, 6) is 0.863. The highest BCUT2D eigenvalue weighted by Gasteiger charge is 2.10. The van der Waals surface area contributed by atoms with Crippen LogP contribution < -0.4 is 4.74 Å². The van der Waals surface area contributed by atoms with Gasteiger partial charge in [-0.1, -0.05) is 54.5 Å². The van der Waals surface area contributed by atoms with Gasteiger partial charge in [0.25, 0.3) is 0 Å². The van der Waals surface area contributed by atoms with Crippen molar-refractivity contribution in [1.82, 2.24) is 0 Å². The predicted molar refractivity (Wildman–Crippen MR) is 85.8 cm³/mol. The van der Waals surface area contributed by atoms with Crippen molar-refractivity contribution in [1.29, 1.82) is 5.26 Å². The van der Waals surface area contributed by atoms with E-state index in [2.05, 4.69) is 12.1 Å². The van der Waals surface area contributed by atoms with Crippen LogP contribution >= 0.6 is 0 Å². The number of hydrogen-bond acceptors (Lipinski definition) is 4. The topological polar surface area (TPSA) is 54.6 Å². The SMILES string of the molecule is CCc1ccccc1OCc1ccccc1/C(C#N)=N\OC. The fourth-order valence-electron chi connectivity index (χ4n) is 2.19. The molecule has 2 aromatic rings. The van der Waals surface area contributed by atoms with Crippen LogP contribution in [0, 0.1) is 11.3 Å². The van der Waals surface area contributed by atoms with E-state index in [4.69, 9.17) is 9.57 Å². The summed E-state index contributed by atoms with van der Waals surface area (Å²) in [6.45, 7) is 2.47. The van der Waals surface area contributed by atoms with Crippen molar-refractivity contribution in [3.05, 3.63) is 65.2 Å². The fourth-order valence-corrected chi connectivity index (χ4v) is 2.19. The summed E-state index contributed by atoms with van der Waals surface area (Å²) in [6.07, 6.45) is 0.909. The van der Waals surface area contributed by atoms with Crippen LogP contribution in [0.25, 0.3) is 0 Å². The van der Waals surface area contributed by atoms with Crippen molar-refractivity contribution in [3.8, 4) is 11.8 Å². The van der Waals surface area contributed by atoms with Gasteiger partial charge in [0, 0.05) is 5.56 Å². The molecule has 112 valence electrons. The average molecular weight is 294 g/mol. The third-order valence-electron chi connectivity index (χ3n) is 3.30. The molecule has 4 nitrogen and oxygen atoms in total. The minimum atomic E-state index is 0.241.